The molecule has 0 spiro atoms. The quantitative estimate of drug-likeness (QED) is 0.758. The highest BCUT2D eigenvalue weighted by Gasteiger charge is 2.13. The van der Waals surface area contributed by atoms with Gasteiger partial charge in [-0.1, -0.05) is 18.2 Å². The average Bonchev–Trinajstić information content (AvgIpc) is 2.84. The number of nitrogens with two attached hydrogens (primary N) is 1. The van der Waals surface area contributed by atoms with Gasteiger partial charge in [0.1, 0.15) is 0 Å². The van der Waals surface area contributed by atoms with Crippen molar-refractivity contribution in [3.63, 3.8) is 0 Å². The van der Waals surface area contributed by atoms with Gasteiger partial charge >= 0.3 is 0 Å². The van der Waals surface area contributed by atoms with Gasteiger partial charge in [0, 0.05) is 21.3 Å². The molecular weight excluding hydrogens is 240 g/mol. The number of hydrogen-bond acceptors (Lipinski definition) is 3. The number of nitrogens with zero attached hydrogens (tertiary/aromatic N) is 1. The molecule has 0 aliphatic heterocycles. The van der Waals surface area contributed by atoms with Gasteiger partial charge in [-0.25, -0.2) is 0 Å². The van der Waals surface area contributed by atoms with Crippen molar-refractivity contribution in [3.05, 3.63) is 64.0 Å². The molecule has 0 radical (unpaired) electrons. The summed E-state index contributed by atoms with van der Waals surface area (Å²) in [5.74, 6) is 0. The maximum Gasteiger partial charge on any atom is 0.0705 e. The smallest absolute Gasteiger partial charge is 0.0705 e. The molecule has 0 aliphatic rings. The van der Waals surface area contributed by atoms with Crippen molar-refractivity contribution in [2.75, 3.05) is 0 Å². The van der Waals surface area contributed by atoms with Gasteiger partial charge in [0.15, 0.2) is 0 Å². The summed E-state index contributed by atoms with van der Waals surface area (Å²) in [6, 6.07) is 14.3. The van der Waals surface area contributed by atoms with Crippen LogP contribution in [0.4, 0.5) is 0 Å². The Morgan fingerprint density at radius 3 is 2.72 bits per heavy atom. The minimum atomic E-state index is -0.0726. The van der Waals surface area contributed by atoms with E-state index in [4.69, 9.17) is 5.73 Å². The van der Waals surface area contributed by atoms with Crippen molar-refractivity contribution in [2.45, 2.75) is 13.0 Å². The second kappa shape index (κ2) is 4.52. The van der Waals surface area contributed by atoms with Crippen LogP contribution in [0.1, 0.15) is 21.4 Å². The highest BCUT2D eigenvalue weighted by Crippen LogP contribution is 2.30. The monoisotopic (exact) mass is 254 g/mol. The molecule has 0 saturated carbocycles. The standard InChI is InChI=1S/C15H14N2S/c1-10-6-7-14(18-10)15(16)12-8-9-17-13-5-3-2-4-11(12)13/h2-9,15H,16H2,1H3. The first kappa shape index (κ1) is 11.4. The summed E-state index contributed by atoms with van der Waals surface area (Å²) in [7, 11) is 0. The SMILES string of the molecule is Cc1ccc(C(N)c2ccnc3ccccc23)s1. The third kappa shape index (κ3) is 1.92. The van der Waals surface area contributed by atoms with Gasteiger partial charge in [-0.2, -0.15) is 0 Å². The Balaban J connectivity index is 2.14. The van der Waals surface area contributed by atoms with Crippen molar-refractivity contribution >= 4 is 22.2 Å². The molecule has 0 saturated heterocycles. The maximum absolute atomic E-state index is 6.38. The molecule has 1 aromatic carbocycles. The molecule has 0 bridgehead atoms. The minimum Gasteiger partial charge on any atom is -0.320 e. The molecule has 0 aliphatic carbocycles. The first-order valence-corrected chi connectivity index (χ1v) is 6.73. The summed E-state index contributed by atoms with van der Waals surface area (Å²) in [5.41, 5.74) is 8.52. The molecular formula is C15H14N2S. The number of benzene rings is 1. The van der Waals surface area contributed by atoms with Crippen LogP contribution in [-0.2, 0) is 0 Å². The van der Waals surface area contributed by atoms with E-state index in [1.807, 2.05) is 30.5 Å². The number of para-hydroxylation sites is 1. The fraction of sp³-hybridized carbons (Fsp3) is 0.133. The Labute approximate surface area is 110 Å². The summed E-state index contributed by atoms with van der Waals surface area (Å²) in [5, 5.41) is 1.14. The molecule has 2 nitrogen and oxygen atoms in total. The van der Waals surface area contributed by atoms with Gasteiger partial charge in [-0.15, -0.1) is 11.3 Å². The number of pyridine rings is 1. The van der Waals surface area contributed by atoms with Gasteiger partial charge in [0.25, 0.3) is 0 Å². The molecule has 0 amide bonds. The van der Waals surface area contributed by atoms with E-state index >= 15 is 0 Å². The summed E-state index contributed by atoms with van der Waals surface area (Å²) in [6.45, 7) is 2.10. The molecule has 1 atom stereocenters. The predicted molar refractivity (Wildman–Crippen MR) is 76.8 cm³/mol. The van der Waals surface area contributed by atoms with E-state index in [0.29, 0.717) is 0 Å². The van der Waals surface area contributed by atoms with Crippen LogP contribution < -0.4 is 5.73 Å². The van der Waals surface area contributed by atoms with E-state index in [9.17, 15) is 0 Å². The van der Waals surface area contributed by atoms with Crippen LogP contribution in [0.3, 0.4) is 0 Å². The molecule has 1 unspecified atom stereocenters. The van der Waals surface area contributed by atoms with Gasteiger partial charge in [0.2, 0.25) is 0 Å². The Morgan fingerprint density at radius 1 is 1.11 bits per heavy atom. The fourth-order valence-electron chi connectivity index (χ4n) is 2.16. The molecule has 2 N–H and O–H groups in total. The van der Waals surface area contributed by atoms with E-state index in [0.717, 1.165) is 16.5 Å². The van der Waals surface area contributed by atoms with Crippen LogP contribution in [0.15, 0.2) is 48.7 Å². The molecule has 2 aromatic heterocycles. The number of aryl methyl sites for hydroxylation is 1. The summed E-state index contributed by atoms with van der Waals surface area (Å²) < 4.78 is 0. The van der Waals surface area contributed by atoms with E-state index in [-0.39, 0.29) is 6.04 Å². The van der Waals surface area contributed by atoms with E-state index in [2.05, 4.69) is 30.1 Å². The van der Waals surface area contributed by atoms with Gasteiger partial charge in [-0.05, 0) is 36.8 Å². The molecule has 2 heterocycles. The zero-order valence-corrected chi connectivity index (χ0v) is 10.9. The topological polar surface area (TPSA) is 38.9 Å². The summed E-state index contributed by atoms with van der Waals surface area (Å²) >= 11 is 1.75. The lowest BCUT2D eigenvalue weighted by molar-refractivity contribution is 0.901. The Morgan fingerprint density at radius 2 is 1.94 bits per heavy atom. The van der Waals surface area contributed by atoms with E-state index in [1.54, 1.807) is 11.3 Å². The van der Waals surface area contributed by atoms with E-state index < -0.39 is 0 Å². The molecule has 90 valence electrons. The van der Waals surface area contributed by atoms with Crippen LogP contribution in [-0.4, -0.2) is 4.98 Å². The summed E-state index contributed by atoms with van der Waals surface area (Å²) in [4.78, 5) is 6.86. The lowest BCUT2D eigenvalue weighted by atomic mass is 10.0. The highest BCUT2D eigenvalue weighted by molar-refractivity contribution is 7.12. The third-order valence-electron chi connectivity index (χ3n) is 3.09. The van der Waals surface area contributed by atoms with Crippen molar-refractivity contribution in [3.8, 4) is 0 Å². The number of thiophene rings is 1. The second-order valence-electron chi connectivity index (χ2n) is 4.34. The van der Waals surface area contributed by atoms with Gasteiger partial charge in [-0.3, -0.25) is 4.98 Å². The zero-order valence-electron chi connectivity index (χ0n) is 10.1. The number of aromatic nitrogens is 1. The summed E-state index contributed by atoms with van der Waals surface area (Å²) in [6.07, 6.45) is 1.83. The predicted octanol–water partition coefficient (Wildman–Crippen LogP) is 3.65. The van der Waals surface area contributed by atoms with Crippen LogP contribution >= 0.6 is 11.3 Å². The second-order valence-corrected chi connectivity index (χ2v) is 5.66. The van der Waals surface area contributed by atoms with Crippen LogP contribution in [0.5, 0.6) is 0 Å². The van der Waals surface area contributed by atoms with Gasteiger partial charge in [0.05, 0.1) is 11.6 Å². The largest absolute Gasteiger partial charge is 0.320 e. The number of rotatable bonds is 2. The molecule has 18 heavy (non-hydrogen) atoms. The maximum atomic E-state index is 6.38. The lowest BCUT2D eigenvalue weighted by Gasteiger charge is -2.12. The minimum absolute atomic E-state index is 0.0726. The first-order valence-electron chi connectivity index (χ1n) is 5.91. The van der Waals surface area contributed by atoms with Gasteiger partial charge < -0.3 is 5.73 Å². The highest BCUT2D eigenvalue weighted by atomic mass is 32.1. The average molecular weight is 254 g/mol. The molecule has 3 rings (SSSR count). The van der Waals surface area contributed by atoms with Crippen molar-refractivity contribution < 1.29 is 0 Å². The van der Waals surface area contributed by atoms with E-state index in [1.165, 1.54) is 9.75 Å². The van der Waals surface area contributed by atoms with Crippen molar-refractivity contribution in [1.82, 2.24) is 4.98 Å². The first-order chi connectivity index (χ1) is 8.75. The number of hydrogen-bond donors (Lipinski definition) is 1. The molecule has 0 fully saturated rings. The lowest BCUT2D eigenvalue weighted by Crippen LogP contribution is -2.10. The normalized spacial score (nSPS) is 12.8. The van der Waals surface area contributed by atoms with Crippen LogP contribution in [0.25, 0.3) is 10.9 Å². The molecule has 3 aromatic rings. The van der Waals surface area contributed by atoms with Crippen LogP contribution in [0.2, 0.25) is 0 Å². The Kier molecular flexibility index (Phi) is 2.86. The molecule has 3 heteroatoms. The number of fused-ring (bicyclic) bond motifs is 1. The Hall–Kier alpha value is -1.71. The zero-order chi connectivity index (χ0) is 12.5. The van der Waals surface area contributed by atoms with Crippen molar-refractivity contribution in [1.29, 1.82) is 0 Å². The Bertz CT molecular complexity index is 682. The third-order valence-corrected chi connectivity index (χ3v) is 4.17. The fourth-order valence-corrected chi connectivity index (χ4v) is 3.06. The van der Waals surface area contributed by atoms with Crippen LogP contribution in [0, 0.1) is 6.92 Å². The van der Waals surface area contributed by atoms with Crippen molar-refractivity contribution in [2.24, 2.45) is 5.73 Å².